The number of halogens is 1. The Morgan fingerprint density at radius 1 is 1.38 bits per heavy atom. The molecule has 0 aliphatic carbocycles. The average Bonchev–Trinajstić information content (AvgIpc) is 2.44. The average molecular weight is 348 g/mol. The lowest BCUT2D eigenvalue weighted by molar-refractivity contribution is 0.581. The molecule has 0 amide bonds. The molecule has 1 aromatic rings. The number of thiophene rings is 1. The van der Waals surface area contributed by atoms with Gasteiger partial charge in [0.2, 0.25) is 10.0 Å². The second-order valence-electron chi connectivity index (χ2n) is 3.21. The third-order valence-corrected chi connectivity index (χ3v) is 6.69. The van der Waals surface area contributed by atoms with E-state index >= 15 is 0 Å². The Labute approximate surface area is 107 Å². The van der Waals surface area contributed by atoms with Crippen molar-refractivity contribution < 1.29 is 16.8 Å². The zero-order valence-corrected chi connectivity index (χ0v) is 12.3. The van der Waals surface area contributed by atoms with Gasteiger partial charge in [0, 0.05) is 27.5 Å². The summed E-state index contributed by atoms with van der Waals surface area (Å²) in [6.45, 7) is 0.105. The minimum Gasteiger partial charge on any atom is -0.228 e. The van der Waals surface area contributed by atoms with E-state index in [1.807, 2.05) is 5.38 Å². The molecule has 0 aromatic carbocycles. The number of nitrogens with one attached hydrogen (secondary N) is 1. The molecular weight excluding hydrogens is 338 g/mol. The van der Waals surface area contributed by atoms with Crippen molar-refractivity contribution in [3.63, 3.8) is 0 Å². The maximum Gasteiger partial charge on any atom is 0.226 e. The molecule has 0 spiro atoms. The van der Waals surface area contributed by atoms with Crippen LogP contribution in [0.1, 0.15) is 4.88 Å². The number of sulfone groups is 1. The summed E-state index contributed by atoms with van der Waals surface area (Å²) in [5, 5.41) is 0.937. The van der Waals surface area contributed by atoms with E-state index in [9.17, 15) is 16.8 Å². The van der Waals surface area contributed by atoms with E-state index in [0.717, 1.165) is 15.6 Å². The summed E-state index contributed by atoms with van der Waals surface area (Å²) in [5.41, 5.74) is 0. The summed E-state index contributed by atoms with van der Waals surface area (Å²) in [6.07, 6.45) is 0.883. The monoisotopic (exact) mass is 347 g/mol. The van der Waals surface area contributed by atoms with Gasteiger partial charge in [-0.05, 0) is 22.0 Å². The van der Waals surface area contributed by atoms with E-state index < -0.39 is 24.9 Å². The summed E-state index contributed by atoms with van der Waals surface area (Å²) in [5.74, 6) is 0. The molecule has 92 valence electrons. The van der Waals surface area contributed by atoms with Crippen LogP contribution in [0.3, 0.4) is 0 Å². The van der Waals surface area contributed by atoms with Gasteiger partial charge in [0.05, 0.1) is 0 Å². The molecule has 5 nitrogen and oxygen atoms in total. The molecule has 0 bridgehead atoms. The highest BCUT2D eigenvalue weighted by Gasteiger charge is 2.17. The normalized spacial score (nSPS) is 12.9. The van der Waals surface area contributed by atoms with Crippen LogP contribution in [-0.4, -0.2) is 28.2 Å². The van der Waals surface area contributed by atoms with Crippen molar-refractivity contribution in [3.8, 4) is 0 Å². The second kappa shape index (κ2) is 5.13. The van der Waals surface area contributed by atoms with E-state index in [1.165, 1.54) is 11.3 Å². The van der Waals surface area contributed by atoms with E-state index in [4.69, 9.17) is 0 Å². The first-order valence-electron chi connectivity index (χ1n) is 4.06. The highest BCUT2D eigenvalue weighted by Crippen LogP contribution is 2.19. The molecule has 0 aliphatic heterocycles. The Hall–Kier alpha value is 0.0400. The Morgan fingerprint density at radius 3 is 2.44 bits per heavy atom. The molecule has 0 atom stereocenters. The molecule has 0 fully saturated rings. The lowest BCUT2D eigenvalue weighted by Crippen LogP contribution is -2.29. The third kappa shape index (κ3) is 5.39. The maximum atomic E-state index is 11.3. The van der Waals surface area contributed by atoms with Gasteiger partial charge < -0.3 is 0 Å². The molecule has 9 heteroatoms. The Balaban J connectivity index is 2.62. The van der Waals surface area contributed by atoms with Gasteiger partial charge in [-0.1, -0.05) is 0 Å². The van der Waals surface area contributed by atoms with Gasteiger partial charge >= 0.3 is 0 Å². The van der Waals surface area contributed by atoms with Crippen molar-refractivity contribution in [2.75, 3.05) is 11.3 Å². The molecule has 1 heterocycles. The van der Waals surface area contributed by atoms with Gasteiger partial charge in [0.25, 0.3) is 0 Å². The van der Waals surface area contributed by atoms with E-state index in [1.54, 1.807) is 6.07 Å². The fourth-order valence-electron chi connectivity index (χ4n) is 0.951. The van der Waals surface area contributed by atoms with Crippen LogP contribution >= 0.6 is 27.3 Å². The summed E-state index contributed by atoms with van der Waals surface area (Å²) >= 11 is 4.62. The molecule has 0 aliphatic rings. The number of rotatable bonds is 5. The van der Waals surface area contributed by atoms with Crippen molar-refractivity contribution >= 4 is 47.1 Å². The van der Waals surface area contributed by atoms with Crippen LogP contribution in [0, 0.1) is 0 Å². The molecular formula is C7H10BrNO4S3. The fraction of sp³-hybridized carbons (Fsp3) is 0.429. The summed E-state index contributed by atoms with van der Waals surface area (Å²) < 4.78 is 47.4. The van der Waals surface area contributed by atoms with Gasteiger partial charge in [-0.15, -0.1) is 11.3 Å². The standard InChI is InChI=1S/C7H10BrNO4S3/c1-15(10,11)5-16(12,13)9-3-7-2-6(8)4-14-7/h2,4,9H,3,5H2,1H3. The first-order valence-corrected chi connectivity index (χ1v) is 9.44. The first kappa shape index (κ1) is 14.1. The van der Waals surface area contributed by atoms with Gasteiger partial charge in [-0.2, -0.15) is 0 Å². The second-order valence-corrected chi connectivity index (χ2v) is 9.43. The molecule has 1 N–H and O–H groups in total. The number of sulfonamides is 1. The maximum absolute atomic E-state index is 11.3. The topological polar surface area (TPSA) is 80.3 Å². The zero-order chi connectivity index (χ0) is 12.4. The predicted octanol–water partition coefficient (Wildman–Crippen LogP) is 0.932. The summed E-state index contributed by atoms with van der Waals surface area (Å²) in [4.78, 5) is 0.809. The molecule has 16 heavy (non-hydrogen) atoms. The van der Waals surface area contributed by atoms with Crippen LogP contribution in [0.2, 0.25) is 0 Å². The lowest BCUT2D eigenvalue weighted by atomic mass is 10.5. The van der Waals surface area contributed by atoms with Crippen LogP contribution in [0.4, 0.5) is 0 Å². The van der Waals surface area contributed by atoms with Crippen molar-refractivity contribution in [1.29, 1.82) is 0 Å². The van der Waals surface area contributed by atoms with Crippen molar-refractivity contribution in [2.45, 2.75) is 6.54 Å². The van der Waals surface area contributed by atoms with Gasteiger partial charge in [-0.3, -0.25) is 0 Å². The largest absolute Gasteiger partial charge is 0.228 e. The number of hydrogen-bond acceptors (Lipinski definition) is 5. The summed E-state index contributed by atoms with van der Waals surface area (Å²) in [6, 6.07) is 1.77. The molecule has 0 saturated heterocycles. The van der Waals surface area contributed by atoms with Gasteiger partial charge in [0.15, 0.2) is 14.9 Å². The van der Waals surface area contributed by atoms with Crippen LogP contribution in [0.15, 0.2) is 15.9 Å². The molecule has 0 radical (unpaired) electrons. The minimum absolute atomic E-state index is 0.105. The van der Waals surface area contributed by atoms with E-state index in [2.05, 4.69) is 20.7 Å². The Bertz CT molecular complexity index is 560. The van der Waals surface area contributed by atoms with Crippen molar-refractivity contribution in [1.82, 2.24) is 4.72 Å². The number of hydrogen-bond donors (Lipinski definition) is 1. The summed E-state index contributed by atoms with van der Waals surface area (Å²) in [7, 11) is -7.31. The van der Waals surface area contributed by atoms with Gasteiger partial charge in [-0.25, -0.2) is 21.6 Å². The predicted molar refractivity (Wildman–Crippen MR) is 67.5 cm³/mol. The van der Waals surface area contributed by atoms with Crippen LogP contribution < -0.4 is 4.72 Å². The van der Waals surface area contributed by atoms with Crippen LogP contribution in [-0.2, 0) is 26.4 Å². The lowest BCUT2D eigenvalue weighted by Gasteiger charge is -2.03. The Morgan fingerprint density at radius 2 is 2.00 bits per heavy atom. The molecule has 0 saturated carbocycles. The SMILES string of the molecule is CS(=O)(=O)CS(=O)(=O)NCc1cc(Br)cs1. The molecule has 1 aromatic heterocycles. The highest BCUT2D eigenvalue weighted by atomic mass is 79.9. The van der Waals surface area contributed by atoms with E-state index in [0.29, 0.717) is 0 Å². The molecule has 1 rings (SSSR count). The first-order chi connectivity index (χ1) is 7.18. The highest BCUT2D eigenvalue weighted by molar-refractivity contribution is 9.10. The van der Waals surface area contributed by atoms with Gasteiger partial charge in [0.1, 0.15) is 0 Å². The quantitative estimate of drug-likeness (QED) is 0.859. The smallest absolute Gasteiger partial charge is 0.226 e. The van der Waals surface area contributed by atoms with Crippen molar-refractivity contribution in [3.05, 3.63) is 20.8 Å². The van der Waals surface area contributed by atoms with Crippen LogP contribution in [0.25, 0.3) is 0 Å². The zero-order valence-electron chi connectivity index (χ0n) is 8.30. The Kier molecular flexibility index (Phi) is 4.52. The third-order valence-electron chi connectivity index (χ3n) is 1.46. The molecule has 0 unspecified atom stereocenters. The minimum atomic E-state index is -3.77. The van der Waals surface area contributed by atoms with E-state index in [-0.39, 0.29) is 6.54 Å². The fourth-order valence-corrected chi connectivity index (χ4v) is 5.40. The van der Waals surface area contributed by atoms with Crippen molar-refractivity contribution in [2.24, 2.45) is 0 Å². The van der Waals surface area contributed by atoms with Crippen LogP contribution in [0.5, 0.6) is 0 Å².